The van der Waals surface area contributed by atoms with Crippen LogP contribution in [-0.2, 0) is 0 Å². The fourth-order valence-electron chi connectivity index (χ4n) is 3.89. The van der Waals surface area contributed by atoms with E-state index in [4.69, 9.17) is 0 Å². The molecule has 0 aliphatic heterocycles. The molecular weight excluding hydrogens is 453 g/mol. The molecule has 0 aliphatic carbocycles. The lowest BCUT2D eigenvalue weighted by atomic mass is 10.4. The van der Waals surface area contributed by atoms with Crippen LogP contribution < -0.4 is 26.5 Å². The van der Waals surface area contributed by atoms with Crippen molar-refractivity contribution >= 4 is 49.0 Å². The van der Waals surface area contributed by atoms with E-state index in [1.54, 1.807) is 0 Å². The summed E-state index contributed by atoms with van der Waals surface area (Å²) in [5.41, 5.74) is 0. The second-order valence-electron chi connectivity index (χ2n) is 7.59. The van der Waals surface area contributed by atoms with Gasteiger partial charge in [0, 0.05) is 0 Å². The molecule has 5 aromatic carbocycles. The molecular formula is C30H25P3. The first kappa shape index (κ1) is 22.2. The Morgan fingerprint density at radius 2 is 0.455 bits per heavy atom. The van der Waals surface area contributed by atoms with Gasteiger partial charge in [0.15, 0.2) is 0 Å². The molecule has 5 rings (SSSR count). The molecule has 5 aromatic rings. The van der Waals surface area contributed by atoms with Crippen LogP contribution in [-0.4, -0.2) is 0 Å². The predicted octanol–water partition coefficient (Wildman–Crippen LogP) is 6.89. The van der Waals surface area contributed by atoms with E-state index < -0.39 is 22.5 Å². The third-order valence-corrected chi connectivity index (χ3v) is 19.7. The molecule has 0 atom stereocenters. The van der Waals surface area contributed by atoms with Crippen molar-refractivity contribution in [3.63, 3.8) is 0 Å². The van der Waals surface area contributed by atoms with E-state index in [-0.39, 0.29) is 0 Å². The third-order valence-electron chi connectivity index (χ3n) is 5.37. The highest BCUT2D eigenvalue weighted by atomic mass is 32.5. The minimum Gasteiger partial charge on any atom is -0.0622 e. The Kier molecular flexibility index (Phi) is 7.40. The van der Waals surface area contributed by atoms with Gasteiger partial charge in [-0.3, -0.25) is 0 Å². The SMILES string of the molecule is c1ccc(P(c2ccccc2)P(c2ccccc2)P(c2ccccc2)c2ccccc2)cc1. The zero-order valence-corrected chi connectivity index (χ0v) is 21.0. The van der Waals surface area contributed by atoms with E-state index in [1.807, 2.05) is 0 Å². The fraction of sp³-hybridized carbons (Fsp3) is 0. The fourth-order valence-corrected chi connectivity index (χ4v) is 20.5. The van der Waals surface area contributed by atoms with E-state index in [1.165, 1.54) is 26.5 Å². The summed E-state index contributed by atoms with van der Waals surface area (Å²) in [5, 5.41) is 7.28. The highest BCUT2D eigenvalue weighted by Gasteiger charge is 2.34. The topological polar surface area (TPSA) is 0 Å². The molecule has 0 amide bonds. The molecule has 0 heterocycles. The Balaban J connectivity index is 1.79. The molecule has 160 valence electrons. The van der Waals surface area contributed by atoms with Gasteiger partial charge < -0.3 is 0 Å². The largest absolute Gasteiger partial charge is 0.0622 e. The summed E-state index contributed by atoms with van der Waals surface area (Å²) in [6, 6.07) is 56.0. The molecule has 0 fully saturated rings. The molecule has 33 heavy (non-hydrogen) atoms. The molecule has 0 saturated heterocycles. The van der Waals surface area contributed by atoms with Gasteiger partial charge in [-0.25, -0.2) is 0 Å². The maximum atomic E-state index is 2.36. The normalized spacial score (nSPS) is 11.2. The van der Waals surface area contributed by atoms with Crippen molar-refractivity contribution in [1.82, 2.24) is 0 Å². The first-order chi connectivity index (χ1) is 16.4. The van der Waals surface area contributed by atoms with Crippen LogP contribution in [0.2, 0.25) is 0 Å². The second kappa shape index (κ2) is 11.0. The van der Waals surface area contributed by atoms with E-state index in [0.29, 0.717) is 0 Å². The van der Waals surface area contributed by atoms with Crippen LogP contribution in [0, 0.1) is 0 Å². The number of benzene rings is 5. The third kappa shape index (κ3) is 5.16. The van der Waals surface area contributed by atoms with Crippen molar-refractivity contribution in [2.45, 2.75) is 0 Å². The molecule has 0 bridgehead atoms. The molecule has 0 spiro atoms. The predicted molar refractivity (Wildman–Crippen MR) is 151 cm³/mol. The van der Waals surface area contributed by atoms with E-state index in [9.17, 15) is 0 Å². The van der Waals surface area contributed by atoms with Gasteiger partial charge in [0.2, 0.25) is 0 Å². The standard InChI is InChI=1S/C30H25P3/c1-6-16-26(17-7-1)31(27-18-8-2-9-19-27)33(30-24-14-5-15-25-30)32(28-20-10-3-11-21-28)29-22-12-4-13-23-29/h1-25H. The summed E-state index contributed by atoms with van der Waals surface area (Å²) < 4.78 is 0. The molecule has 0 nitrogen and oxygen atoms in total. The van der Waals surface area contributed by atoms with Crippen molar-refractivity contribution in [3.05, 3.63) is 152 Å². The monoisotopic (exact) mass is 478 g/mol. The zero-order valence-electron chi connectivity index (χ0n) is 18.3. The Labute approximate surface area is 200 Å². The van der Waals surface area contributed by atoms with Crippen LogP contribution in [0.5, 0.6) is 0 Å². The average molecular weight is 478 g/mol. The quantitative estimate of drug-likeness (QED) is 0.224. The van der Waals surface area contributed by atoms with Crippen LogP contribution >= 0.6 is 22.5 Å². The summed E-state index contributed by atoms with van der Waals surface area (Å²) in [4.78, 5) is 0. The maximum Gasteiger partial charge on any atom is -0.00670 e. The summed E-state index contributed by atoms with van der Waals surface area (Å²) >= 11 is 0. The molecule has 0 N–H and O–H groups in total. The Bertz CT molecular complexity index is 1080. The molecule has 0 radical (unpaired) electrons. The lowest BCUT2D eigenvalue weighted by Gasteiger charge is -2.36. The average Bonchev–Trinajstić information content (AvgIpc) is 2.91. The van der Waals surface area contributed by atoms with Crippen LogP contribution in [0.4, 0.5) is 0 Å². The Morgan fingerprint density at radius 3 is 0.697 bits per heavy atom. The van der Waals surface area contributed by atoms with Crippen LogP contribution in [0.15, 0.2) is 152 Å². The van der Waals surface area contributed by atoms with Gasteiger partial charge >= 0.3 is 0 Å². The van der Waals surface area contributed by atoms with Crippen molar-refractivity contribution in [3.8, 4) is 0 Å². The lowest BCUT2D eigenvalue weighted by molar-refractivity contribution is 1.75. The maximum absolute atomic E-state index is 2.36. The van der Waals surface area contributed by atoms with Crippen LogP contribution in [0.1, 0.15) is 0 Å². The van der Waals surface area contributed by atoms with Crippen molar-refractivity contribution < 1.29 is 0 Å². The van der Waals surface area contributed by atoms with Gasteiger partial charge in [0.1, 0.15) is 0 Å². The van der Waals surface area contributed by atoms with Gasteiger partial charge in [-0.15, -0.1) is 0 Å². The van der Waals surface area contributed by atoms with Crippen molar-refractivity contribution in [1.29, 1.82) is 0 Å². The first-order valence-corrected chi connectivity index (χ1v) is 16.5. The first-order valence-electron chi connectivity index (χ1n) is 11.1. The summed E-state index contributed by atoms with van der Waals surface area (Å²) in [6.45, 7) is 0. The number of hydrogen-bond donors (Lipinski definition) is 0. The lowest BCUT2D eigenvalue weighted by Crippen LogP contribution is -2.19. The molecule has 0 aromatic heterocycles. The Hall–Kier alpha value is -2.61. The van der Waals surface area contributed by atoms with Gasteiger partial charge in [-0.05, 0) is 49.0 Å². The van der Waals surface area contributed by atoms with E-state index in [2.05, 4.69) is 152 Å². The smallest absolute Gasteiger partial charge is 0.00670 e. The van der Waals surface area contributed by atoms with Crippen molar-refractivity contribution in [2.75, 3.05) is 0 Å². The summed E-state index contributed by atoms with van der Waals surface area (Å²) in [6.07, 6.45) is 0. The minimum absolute atomic E-state index is 0.558. The zero-order chi connectivity index (χ0) is 22.3. The molecule has 0 saturated carbocycles. The number of hydrogen-bond acceptors (Lipinski definition) is 0. The van der Waals surface area contributed by atoms with Crippen LogP contribution in [0.3, 0.4) is 0 Å². The molecule has 3 heteroatoms. The van der Waals surface area contributed by atoms with E-state index in [0.717, 1.165) is 0 Å². The highest BCUT2D eigenvalue weighted by molar-refractivity contribution is 8.68. The van der Waals surface area contributed by atoms with Crippen LogP contribution in [0.25, 0.3) is 0 Å². The van der Waals surface area contributed by atoms with Crippen molar-refractivity contribution in [2.24, 2.45) is 0 Å². The molecule has 0 unspecified atom stereocenters. The Morgan fingerprint density at radius 1 is 0.242 bits per heavy atom. The van der Waals surface area contributed by atoms with E-state index >= 15 is 0 Å². The molecule has 0 aliphatic rings. The minimum atomic E-state index is -0.584. The second-order valence-corrected chi connectivity index (χ2v) is 17.7. The van der Waals surface area contributed by atoms with Gasteiger partial charge in [-0.2, -0.15) is 0 Å². The highest BCUT2D eigenvalue weighted by Crippen LogP contribution is 2.83. The number of rotatable bonds is 7. The summed E-state index contributed by atoms with van der Waals surface area (Å²) in [5.74, 6) is 0. The van der Waals surface area contributed by atoms with Gasteiger partial charge in [0.25, 0.3) is 0 Å². The van der Waals surface area contributed by atoms with Gasteiger partial charge in [0.05, 0.1) is 0 Å². The van der Waals surface area contributed by atoms with Gasteiger partial charge in [-0.1, -0.05) is 152 Å². The summed E-state index contributed by atoms with van der Waals surface area (Å²) in [7, 11) is -1.73.